The fraction of sp³-hybridized carbons (Fsp3) is 0.500. The van der Waals surface area contributed by atoms with Crippen molar-refractivity contribution in [1.82, 2.24) is 9.55 Å². The number of nitrogens with zero attached hydrogens (tertiary/aromatic N) is 2. The third-order valence-corrected chi connectivity index (χ3v) is 6.17. The monoisotopic (exact) mass is 356 g/mol. The molecule has 0 spiro atoms. The molecule has 25 heavy (non-hydrogen) atoms. The minimum Gasteiger partial charge on any atom is -0.376 e. The van der Waals surface area contributed by atoms with Gasteiger partial charge in [0.25, 0.3) is 0 Å². The Bertz CT molecular complexity index is 782. The van der Waals surface area contributed by atoms with Gasteiger partial charge >= 0.3 is 5.69 Å². The van der Waals surface area contributed by atoms with E-state index in [0.717, 1.165) is 49.5 Å². The fourth-order valence-electron chi connectivity index (χ4n) is 3.77. The van der Waals surface area contributed by atoms with E-state index in [2.05, 4.69) is 29.2 Å². The van der Waals surface area contributed by atoms with Gasteiger partial charge in [-0.3, -0.25) is 4.57 Å². The average Bonchev–Trinajstić information content (AvgIpc) is 3.17. The van der Waals surface area contributed by atoms with Crippen LogP contribution in [0.3, 0.4) is 0 Å². The molecule has 2 aromatic rings. The van der Waals surface area contributed by atoms with Crippen LogP contribution in [0.1, 0.15) is 42.5 Å². The Kier molecular flexibility index (Phi) is 5.22. The van der Waals surface area contributed by atoms with E-state index in [1.165, 1.54) is 23.2 Å². The van der Waals surface area contributed by atoms with Crippen molar-refractivity contribution in [3.05, 3.63) is 57.6 Å². The molecule has 1 aliphatic carbocycles. The Labute approximate surface area is 152 Å². The summed E-state index contributed by atoms with van der Waals surface area (Å²) in [5.74, 6) is 0.857. The highest BCUT2D eigenvalue weighted by atomic mass is 32.2. The summed E-state index contributed by atoms with van der Waals surface area (Å²) < 4.78 is 7.65. The molecular weight excluding hydrogens is 332 g/mol. The summed E-state index contributed by atoms with van der Waals surface area (Å²) >= 11 is 1.70. The Morgan fingerprint density at radius 1 is 1.16 bits per heavy atom. The number of fused-ring (bicyclic) bond motifs is 1. The van der Waals surface area contributed by atoms with Crippen LogP contribution in [0, 0.1) is 0 Å². The Hall–Kier alpha value is -1.59. The van der Waals surface area contributed by atoms with E-state index >= 15 is 0 Å². The van der Waals surface area contributed by atoms with Crippen LogP contribution in [0.5, 0.6) is 0 Å². The molecule has 4 rings (SSSR count). The van der Waals surface area contributed by atoms with Crippen LogP contribution in [0.15, 0.2) is 40.2 Å². The van der Waals surface area contributed by atoms with Gasteiger partial charge in [0.05, 0.1) is 12.6 Å². The highest BCUT2D eigenvalue weighted by Gasteiger charge is 2.24. The van der Waals surface area contributed by atoms with Gasteiger partial charge in [0.2, 0.25) is 0 Å². The first kappa shape index (κ1) is 16.9. The van der Waals surface area contributed by atoms with Gasteiger partial charge < -0.3 is 4.74 Å². The molecule has 1 aromatic heterocycles. The van der Waals surface area contributed by atoms with Gasteiger partial charge in [-0.15, -0.1) is 11.8 Å². The zero-order valence-corrected chi connectivity index (χ0v) is 15.3. The SMILES string of the molecule is O=c1nc(SCc2ccccc2)c2c(n1CC1CCCO1)CCCC2. The molecule has 0 bridgehead atoms. The number of benzene rings is 1. The molecule has 0 N–H and O–H groups in total. The first-order chi connectivity index (χ1) is 12.3. The quantitative estimate of drug-likeness (QED) is 0.607. The fourth-order valence-corrected chi connectivity index (χ4v) is 4.81. The van der Waals surface area contributed by atoms with E-state index in [0.29, 0.717) is 6.54 Å². The zero-order chi connectivity index (χ0) is 17.1. The Morgan fingerprint density at radius 3 is 2.80 bits per heavy atom. The lowest BCUT2D eigenvalue weighted by atomic mass is 9.97. The maximum Gasteiger partial charge on any atom is 0.348 e. The number of hydrogen-bond acceptors (Lipinski definition) is 4. The first-order valence-electron chi connectivity index (χ1n) is 9.22. The molecule has 2 aliphatic rings. The topological polar surface area (TPSA) is 44.1 Å². The van der Waals surface area contributed by atoms with Crippen molar-refractivity contribution >= 4 is 11.8 Å². The second-order valence-electron chi connectivity index (χ2n) is 6.85. The zero-order valence-electron chi connectivity index (χ0n) is 14.4. The van der Waals surface area contributed by atoms with Crippen LogP contribution in [-0.4, -0.2) is 22.3 Å². The van der Waals surface area contributed by atoms with Crippen LogP contribution in [0.2, 0.25) is 0 Å². The Morgan fingerprint density at radius 2 is 2.00 bits per heavy atom. The summed E-state index contributed by atoms with van der Waals surface area (Å²) in [5.41, 5.74) is 3.66. The maximum absolute atomic E-state index is 12.7. The van der Waals surface area contributed by atoms with Crippen molar-refractivity contribution in [3.8, 4) is 0 Å². The molecule has 0 saturated carbocycles. The van der Waals surface area contributed by atoms with Crippen molar-refractivity contribution in [3.63, 3.8) is 0 Å². The van der Waals surface area contributed by atoms with Gasteiger partial charge in [-0.05, 0) is 44.1 Å². The standard InChI is InChI=1S/C20H24N2O2S/c23-20-21-19(25-14-15-7-2-1-3-8-15)17-10-4-5-11-18(17)22(20)13-16-9-6-12-24-16/h1-3,7-8,16H,4-6,9-14H2. The molecule has 0 radical (unpaired) electrons. The molecule has 132 valence electrons. The number of aromatic nitrogens is 2. The third kappa shape index (κ3) is 3.82. The third-order valence-electron chi connectivity index (χ3n) is 5.08. The highest BCUT2D eigenvalue weighted by molar-refractivity contribution is 7.98. The van der Waals surface area contributed by atoms with Gasteiger partial charge in [-0.1, -0.05) is 30.3 Å². The van der Waals surface area contributed by atoms with Gasteiger partial charge in [-0.2, -0.15) is 4.98 Å². The molecule has 1 unspecified atom stereocenters. The Balaban J connectivity index is 1.61. The van der Waals surface area contributed by atoms with E-state index in [4.69, 9.17) is 4.74 Å². The maximum atomic E-state index is 12.7. The van der Waals surface area contributed by atoms with Crippen molar-refractivity contribution in [2.45, 2.75) is 62.0 Å². The molecule has 1 aliphatic heterocycles. The number of hydrogen-bond donors (Lipinski definition) is 0. The highest BCUT2D eigenvalue weighted by Crippen LogP contribution is 2.30. The predicted molar refractivity (Wildman–Crippen MR) is 100 cm³/mol. The molecule has 5 heteroatoms. The summed E-state index contributed by atoms with van der Waals surface area (Å²) in [5, 5.41) is 0.937. The summed E-state index contributed by atoms with van der Waals surface area (Å²) in [6, 6.07) is 10.4. The molecule has 1 fully saturated rings. The molecule has 1 saturated heterocycles. The van der Waals surface area contributed by atoms with E-state index in [1.54, 1.807) is 11.8 Å². The van der Waals surface area contributed by atoms with Crippen LogP contribution in [0.4, 0.5) is 0 Å². The molecule has 0 amide bonds. The summed E-state index contributed by atoms with van der Waals surface area (Å²) in [6.07, 6.45) is 6.68. The molecule has 1 atom stereocenters. The second-order valence-corrected chi connectivity index (χ2v) is 7.82. The van der Waals surface area contributed by atoms with Gasteiger partial charge in [0.15, 0.2) is 0 Å². The van der Waals surface area contributed by atoms with Crippen LogP contribution in [-0.2, 0) is 29.9 Å². The lowest BCUT2D eigenvalue weighted by Gasteiger charge is -2.24. The van der Waals surface area contributed by atoms with Crippen molar-refractivity contribution < 1.29 is 4.74 Å². The van der Waals surface area contributed by atoms with E-state index in [9.17, 15) is 4.79 Å². The van der Waals surface area contributed by atoms with Gasteiger partial charge in [-0.25, -0.2) is 4.79 Å². The molecule has 2 heterocycles. The number of thioether (sulfide) groups is 1. The van der Waals surface area contributed by atoms with Crippen molar-refractivity contribution in [2.24, 2.45) is 0 Å². The van der Waals surface area contributed by atoms with Crippen LogP contribution < -0.4 is 5.69 Å². The van der Waals surface area contributed by atoms with E-state index in [-0.39, 0.29) is 11.8 Å². The lowest BCUT2D eigenvalue weighted by Crippen LogP contribution is -2.33. The van der Waals surface area contributed by atoms with Crippen LogP contribution >= 0.6 is 11.8 Å². The predicted octanol–water partition coefficient (Wildman–Crippen LogP) is 3.59. The summed E-state index contributed by atoms with van der Waals surface area (Å²) in [4.78, 5) is 17.2. The van der Waals surface area contributed by atoms with Crippen molar-refractivity contribution in [2.75, 3.05) is 6.61 Å². The second kappa shape index (κ2) is 7.75. The van der Waals surface area contributed by atoms with Gasteiger partial charge in [0.1, 0.15) is 5.03 Å². The largest absolute Gasteiger partial charge is 0.376 e. The molecule has 4 nitrogen and oxygen atoms in total. The average molecular weight is 356 g/mol. The molecular formula is C20H24N2O2S. The smallest absolute Gasteiger partial charge is 0.348 e. The lowest BCUT2D eigenvalue weighted by molar-refractivity contribution is 0.0947. The van der Waals surface area contributed by atoms with Crippen molar-refractivity contribution in [1.29, 1.82) is 0 Å². The van der Waals surface area contributed by atoms with Crippen LogP contribution in [0.25, 0.3) is 0 Å². The normalized spacial score (nSPS) is 19.8. The first-order valence-corrected chi connectivity index (χ1v) is 10.2. The summed E-state index contributed by atoms with van der Waals surface area (Å²) in [6.45, 7) is 1.48. The van der Waals surface area contributed by atoms with E-state index < -0.39 is 0 Å². The molecule has 1 aromatic carbocycles. The minimum atomic E-state index is -0.105. The minimum absolute atomic E-state index is 0.105. The van der Waals surface area contributed by atoms with Gasteiger partial charge in [0, 0.05) is 23.6 Å². The number of ether oxygens (including phenoxy) is 1. The van der Waals surface area contributed by atoms with E-state index in [1.807, 2.05) is 10.6 Å². The summed E-state index contributed by atoms with van der Waals surface area (Å²) in [7, 11) is 0. The number of rotatable bonds is 5.